The molecule has 1 aliphatic heterocycles. The molecule has 19 heavy (non-hydrogen) atoms. The standard InChI is InChI=1S/C13H16ClN5/c1-9-4-5-10(8-11(9)14)19-12(15)16-13(17-19)18-6-2-3-7-18/h4-5,8H,2-3,6-7H2,1H3,(H2,15,16,17). The van der Waals surface area contributed by atoms with E-state index in [1.807, 2.05) is 25.1 Å². The molecule has 2 heterocycles. The van der Waals surface area contributed by atoms with Crippen LogP contribution in [0.5, 0.6) is 0 Å². The van der Waals surface area contributed by atoms with Gasteiger partial charge in [0.1, 0.15) is 0 Å². The first-order valence-corrected chi connectivity index (χ1v) is 6.77. The van der Waals surface area contributed by atoms with Crippen molar-refractivity contribution in [2.24, 2.45) is 0 Å². The highest BCUT2D eigenvalue weighted by molar-refractivity contribution is 6.31. The molecular weight excluding hydrogens is 262 g/mol. The molecule has 0 amide bonds. The number of nitrogens with two attached hydrogens (primary N) is 1. The van der Waals surface area contributed by atoms with E-state index in [1.54, 1.807) is 4.68 Å². The lowest BCUT2D eigenvalue weighted by Gasteiger charge is -2.11. The zero-order valence-corrected chi connectivity index (χ0v) is 11.6. The van der Waals surface area contributed by atoms with Crippen molar-refractivity contribution >= 4 is 23.5 Å². The fourth-order valence-electron chi connectivity index (χ4n) is 2.27. The highest BCUT2D eigenvalue weighted by Gasteiger charge is 2.18. The SMILES string of the molecule is Cc1ccc(-n2nc(N3CCCC3)nc2N)cc1Cl. The van der Waals surface area contributed by atoms with Crippen molar-refractivity contribution in [1.82, 2.24) is 14.8 Å². The van der Waals surface area contributed by atoms with Crippen molar-refractivity contribution in [2.75, 3.05) is 23.7 Å². The molecule has 2 aromatic rings. The van der Waals surface area contributed by atoms with Gasteiger partial charge in [-0.25, -0.2) is 0 Å². The van der Waals surface area contributed by atoms with Crippen LogP contribution in [0.15, 0.2) is 18.2 Å². The first kappa shape index (κ1) is 12.3. The number of rotatable bonds is 2. The number of nitrogen functional groups attached to an aromatic ring is 1. The second-order valence-corrected chi connectivity index (χ2v) is 5.22. The predicted molar refractivity (Wildman–Crippen MR) is 77.0 cm³/mol. The Morgan fingerprint density at radius 1 is 1.26 bits per heavy atom. The first-order valence-electron chi connectivity index (χ1n) is 6.39. The van der Waals surface area contributed by atoms with Gasteiger partial charge in [-0.05, 0) is 37.5 Å². The van der Waals surface area contributed by atoms with Gasteiger partial charge in [0.2, 0.25) is 11.9 Å². The summed E-state index contributed by atoms with van der Waals surface area (Å²) in [5, 5.41) is 5.18. The van der Waals surface area contributed by atoms with Gasteiger partial charge in [0.25, 0.3) is 0 Å². The van der Waals surface area contributed by atoms with Crippen molar-refractivity contribution in [1.29, 1.82) is 0 Å². The van der Waals surface area contributed by atoms with Crippen molar-refractivity contribution in [2.45, 2.75) is 19.8 Å². The van der Waals surface area contributed by atoms with Crippen LogP contribution in [0.1, 0.15) is 18.4 Å². The summed E-state index contributed by atoms with van der Waals surface area (Å²) < 4.78 is 1.64. The van der Waals surface area contributed by atoms with Crippen LogP contribution >= 0.6 is 11.6 Å². The van der Waals surface area contributed by atoms with E-state index < -0.39 is 0 Å². The Morgan fingerprint density at radius 3 is 2.68 bits per heavy atom. The van der Waals surface area contributed by atoms with Crippen molar-refractivity contribution in [3.8, 4) is 5.69 Å². The van der Waals surface area contributed by atoms with Crippen molar-refractivity contribution in [3.63, 3.8) is 0 Å². The Morgan fingerprint density at radius 2 is 2.00 bits per heavy atom. The molecule has 0 aliphatic carbocycles. The zero-order valence-electron chi connectivity index (χ0n) is 10.8. The summed E-state index contributed by atoms with van der Waals surface area (Å²) in [4.78, 5) is 6.49. The van der Waals surface area contributed by atoms with E-state index in [0.717, 1.165) is 24.3 Å². The highest BCUT2D eigenvalue weighted by Crippen LogP contribution is 2.23. The van der Waals surface area contributed by atoms with E-state index in [0.29, 0.717) is 16.9 Å². The molecule has 1 saturated heterocycles. The number of nitrogens with zero attached hydrogens (tertiary/aromatic N) is 4. The van der Waals surface area contributed by atoms with Gasteiger partial charge < -0.3 is 10.6 Å². The van der Waals surface area contributed by atoms with E-state index in [9.17, 15) is 0 Å². The van der Waals surface area contributed by atoms with Gasteiger partial charge in [-0.1, -0.05) is 17.7 Å². The van der Waals surface area contributed by atoms with Gasteiger partial charge in [-0.15, -0.1) is 5.10 Å². The molecule has 0 bridgehead atoms. The van der Waals surface area contributed by atoms with E-state index in [2.05, 4.69) is 15.0 Å². The molecule has 1 aromatic carbocycles. The highest BCUT2D eigenvalue weighted by atomic mass is 35.5. The van der Waals surface area contributed by atoms with E-state index >= 15 is 0 Å². The van der Waals surface area contributed by atoms with Crippen molar-refractivity contribution < 1.29 is 0 Å². The van der Waals surface area contributed by atoms with Gasteiger partial charge >= 0.3 is 0 Å². The summed E-state index contributed by atoms with van der Waals surface area (Å²) in [7, 11) is 0. The van der Waals surface area contributed by atoms with Crippen LogP contribution in [0.2, 0.25) is 5.02 Å². The third-order valence-corrected chi connectivity index (χ3v) is 3.82. The Bertz CT molecular complexity index is 601. The number of hydrogen-bond acceptors (Lipinski definition) is 4. The van der Waals surface area contributed by atoms with Gasteiger partial charge in [-0.3, -0.25) is 0 Å². The normalized spacial score (nSPS) is 15.2. The summed E-state index contributed by atoms with van der Waals surface area (Å²) in [6.45, 7) is 3.96. The summed E-state index contributed by atoms with van der Waals surface area (Å²) in [6.07, 6.45) is 2.37. The molecule has 1 aliphatic rings. The number of aromatic nitrogens is 3. The Balaban J connectivity index is 1.97. The first-order chi connectivity index (χ1) is 9.15. The maximum absolute atomic E-state index is 6.14. The molecular formula is C13H16ClN5. The minimum Gasteiger partial charge on any atom is -0.368 e. The minimum absolute atomic E-state index is 0.391. The van der Waals surface area contributed by atoms with Crippen LogP contribution in [0, 0.1) is 6.92 Å². The van der Waals surface area contributed by atoms with Crippen LogP contribution in [0.4, 0.5) is 11.9 Å². The molecule has 5 nitrogen and oxygen atoms in total. The molecule has 2 N–H and O–H groups in total. The Kier molecular flexibility index (Phi) is 3.06. The molecule has 0 unspecified atom stereocenters. The minimum atomic E-state index is 0.391. The third kappa shape index (κ3) is 2.26. The molecule has 0 saturated carbocycles. The van der Waals surface area contributed by atoms with E-state index in [-0.39, 0.29) is 0 Å². The molecule has 0 radical (unpaired) electrons. The van der Waals surface area contributed by atoms with Gasteiger partial charge in [-0.2, -0.15) is 9.67 Å². The predicted octanol–water partition coefficient (Wildman–Crippen LogP) is 2.41. The zero-order chi connectivity index (χ0) is 13.4. The number of halogens is 1. The lowest BCUT2D eigenvalue weighted by molar-refractivity contribution is 0.847. The summed E-state index contributed by atoms with van der Waals surface area (Å²) in [5.41, 5.74) is 7.82. The largest absolute Gasteiger partial charge is 0.368 e. The number of aryl methyl sites for hydroxylation is 1. The fraction of sp³-hybridized carbons (Fsp3) is 0.385. The molecule has 0 atom stereocenters. The third-order valence-electron chi connectivity index (χ3n) is 3.41. The topological polar surface area (TPSA) is 60.0 Å². The van der Waals surface area contributed by atoms with E-state index in [1.165, 1.54) is 12.8 Å². The summed E-state index contributed by atoms with van der Waals surface area (Å²) >= 11 is 6.14. The number of benzene rings is 1. The maximum Gasteiger partial charge on any atom is 0.246 e. The van der Waals surface area contributed by atoms with E-state index in [4.69, 9.17) is 17.3 Å². The Hall–Kier alpha value is -1.75. The van der Waals surface area contributed by atoms with Crippen molar-refractivity contribution in [3.05, 3.63) is 28.8 Å². The molecule has 3 rings (SSSR count). The molecule has 1 aromatic heterocycles. The molecule has 6 heteroatoms. The number of anilines is 2. The monoisotopic (exact) mass is 277 g/mol. The second-order valence-electron chi connectivity index (χ2n) is 4.81. The molecule has 0 spiro atoms. The van der Waals surface area contributed by atoms with Gasteiger partial charge in [0.15, 0.2) is 0 Å². The van der Waals surface area contributed by atoms with Gasteiger partial charge in [0.05, 0.1) is 5.69 Å². The van der Waals surface area contributed by atoms with Crippen LogP contribution < -0.4 is 10.6 Å². The Labute approximate surface area is 117 Å². The van der Waals surface area contributed by atoms with Gasteiger partial charge in [0, 0.05) is 18.1 Å². The maximum atomic E-state index is 6.14. The summed E-state index contributed by atoms with van der Waals surface area (Å²) in [6, 6.07) is 5.75. The smallest absolute Gasteiger partial charge is 0.246 e. The summed E-state index contributed by atoms with van der Waals surface area (Å²) in [5.74, 6) is 1.09. The lowest BCUT2D eigenvalue weighted by atomic mass is 10.2. The van der Waals surface area contributed by atoms with Crippen LogP contribution in [-0.4, -0.2) is 27.9 Å². The van der Waals surface area contributed by atoms with Crippen LogP contribution in [-0.2, 0) is 0 Å². The lowest BCUT2D eigenvalue weighted by Crippen LogP contribution is -2.19. The molecule has 100 valence electrons. The number of hydrogen-bond donors (Lipinski definition) is 1. The second kappa shape index (κ2) is 4.74. The fourth-order valence-corrected chi connectivity index (χ4v) is 2.44. The van der Waals surface area contributed by atoms with Crippen LogP contribution in [0.3, 0.4) is 0 Å². The average molecular weight is 278 g/mol. The molecule has 1 fully saturated rings. The van der Waals surface area contributed by atoms with Crippen LogP contribution in [0.25, 0.3) is 5.69 Å². The average Bonchev–Trinajstić information content (AvgIpc) is 3.01. The quantitative estimate of drug-likeness (QED) is 0.916.